The lowest BCUT2D eigenvalue weighted by Crippen LogP contribution is -2.38. The van der Waals surface area contributed by atoms with Crippen molar-refractivity contribution >= 4 is 17.5 Å². The smallest absolute Gasteiger partial charge is 0.329 e. The summed E-state index contributed by atoms with van der Waals surface area (Å²) in [5.41, 5.74) is 4.53. The molecule has 0 radical (unpaired) electrons. The van der Waals surface area contributed by atoms with Crippen molar-refractivity contribution in [3.05, 3.63) is 29.8 Å². The van der Waals surface area contributed by atoms with Gasteiger partial charge in [-0.2, -0.15) is 5.10 Å². The molecule has 0 heterocycles. The van der Waals surface area contributed by atoms with E-state index in [0.29, 0.717) is 11.3 Å². The van der Waals surface area contributed by atoms with Gasteiger partial charge in [-0.15, -0.1) is 0 Å². The first kappa shape index (κ1) is 19.9. The molecule has 6 heteroatoms. The third-order valence-electron chi connectivity index (χ3n) is 4.92. The van der Waals surface area contributed by atoms with E-state index in [4.69, 9.17) is 4.74 Å². The highest BCUT2D eigenvalue weighted by molar-refractivity contribution is 6.35. The molecule has 1 aromatic carbocycles. The monoisotopic (exact) mass is 359 g/mol. The van der Waals surface area contributed by atoms with Crippen LogP contribution in [0.1, 0.15) is 52.0 Å². The van der Waals surface area contributed by atoms with Gasteiger partial charge in [-0.25, -0.2) is 5.43 Å². The molecule has 2 rings (SSSR count). The lowest BCUT2D eigenvalue weighted by molar-refractivity contribution is -0.139. The molecule has 0 aromatic heterocycles. The van der Waals surface area contributed by atoms with Crippen molar-refractivity contribution in [2.45, 2.75) is 53.0 Å². The molecule has 0 saturated heterocycles. The molecule has 1 aliphatic carbocycles. The molecule has 26 heavy (non-hydrogen) atoms. The Morgan fingerprint density at radius 3 is 2.27 bits per heavy atom. The number of ether oxygens (including phenoxy) is 1. The summed E-state index contributed by atoms with van der Waals surface area (Å²) >= 11 is 0. The Bertz CT molecular complexity index is 650. The van der Waals surface area contributed by atoms with Crippen LogP contribution < -0.4 is 15.5 Å². The Morgan fingerprint density at radius 2 is 1.73 bits per heavy atom. The third kappa shape index (κ3) is 5.86. The molecule has 1 aliphatic rings. The van der Waals surface area contributed by atoms with Gasteiger partial charge in [0.2, 0.25) is 0 Å². The Kier molecular flexibility index (Phi) is 6.77. The van der Waals surface area contributed by atoms with E-state index in [2.05, 4.69) is 36.6 Å². The van der Waals surface area contributed by atoms with Gasteiger partial charge >= 0.3 is 11.8 Å². The molecule has 142 valence electrons. The number of hydrogen-bond donors (Lipinski definition) is 2. The zero-order valence-corrected chi connectivity index (χ0v) is 16.1. The molecular formula is C20H29N3O3. The van der Waals surface area contributed by atoms with Gasteiger partial charge in [0.15, 0.2) is 0 Å². The average Bonchev–Trinajstić information content (AvgIpc) is 2.64. The van der Waals surface area contributed by atoms with Crippen molar-refractivity contribution in [2.75, 3.05) is 7.11 Å². The fourth-order valence-electron chi connectivity index (χ4n) is 3.12. The molecule has 0 aliphatic heterocycles. The van der Waals surface area contributed by atoms with Gasteiger partial charge in [0, 0.05) is 12.3 Å². The number of hydrogen-bond acceptors (Lipinski definition) is 4. The van der Waals surface area contributed by atoms with Crippen LogP contribution in [0.3, 0.4) is 0 Å². The van der Waals surface area contributed by atoms with Crippen molar-refractivity contribution in [3.8, 4) is 5.75 Å². The molecule has 1 fully saturated rings. The number of rotatable bonds is 4. The van der Waals surface area contributed by atoms with E-state index in [9.17, 15) is 9.59 Å². The van der Waals surface area contributed by atoms with Gasteiger partial charge in [-0.05, 0) is 54.7 Å². The molecule has 0 atom stereocenters. The van der Waals surface area contributed by atoms with E-state index in [1.807, 2.05) is 24.3 Å². The van der Waals surface area contributed by atoms with Crippen LogP contribution in [0.2, 0.25) is 0 Å². The van der Waals surface area contributed by atoms with Crippen LogP contribution in [0.5, 0.6) is 5.75 Å². The maximum Gasteiger partial charge on any atom is 0.329 e. The van der Waals surface area contributed by atoms with Crippen LogP contribution in [0, 0.1) is 11.3 Å². The van der Waals surface area contributed by atoms with E-state index >= 15 is 0 Å². The number of benzene rings is 1. The maximum absolute atomic E-state index is 11.9. The second kappa shape index (κ2) is 8.83. The van der Waals surface area contributed by atoms with E-state index in [1.165, 1.54) is 0 Å². The largest absolute Gasteiger partial charge is 0.497 e. The lowest BCUT2D eigenvalue weighted by atomic mass is 9.72. The van der Waals surface area contributed by atoms with E-state index in [0.717, 1.165) is 42.7 Å². The van der Waals surface area contributed by atoms with Gasteiger partial charge < -0.3 is 10.1 Å². The van der Waals surface area contributed by atoms with Crippen LogP contribution in [-0.4, -0.2) is 24.6 Å². The molecule has 2 amide bonds. The number of carbonyl (C=O) groups excluding carboxylic acids is 2. The predicted octanol–water partition coefficient (Wildman–Crippen LogP) is 3.02. The number of methoxy groups -OCH3 is 1. The normalized spacial score (nSPS) is 17.4. The molecule has 0 spiro atoms. The second-order valence-corrected chi connectivity index (χ2v) is 7.79. The summed E-state index contributed by atoms with van der Waals surface area (Å²) in [5, 5.41) is 6.73. The van der Waals surface area contributed by atoms with Gasteiger partial charge in [-0.1, -0.05) is 32.9 Å². The number of nitrogens with one attached hydrogen (secondary N) is 2. The zero-order chi connectivity index (χ0) is 19.2. The van der Waals surface area contributed by atoms with Crippen molar-refractivity contribution in [1.82, 2.24) is 10.7 Å². The van der Waals surface area contributed by atoms with Gasteiger partial charge in [0.05, 0.1) is 7.11 Å². The van der Waals surface area contributed by atoms with E-state index in [1.54, 1.807) is 7.11 Å². The second-order valence-electron chi connectivity index (χ2n) is 7.79. The van der Waals surface area contributed by atoms with Crippen molar-refractivity contribution < 1.29 is 14.3 Å². The minimum atomic E-state index is -0.732. The molecule has 6 nitrogen and oxygen atoms in total. The summed E-state index contributed by atoms with van der Waals surface area (Å²) in [6, 6.07) is 7.29. The van der Waals surface area contributed by atoms with Crippen molar-refractivity contribution in [2.24, 2.45) is 16.4 Å². The van der Waals surface area contributed by atoms with Gasteiger partial charge in [0.1, 0.15) is 5.75 Å². The van der Waals surface area contributed by atoms with E-state index < -0.39 is 11.8 Å². The standard InChI is InChI=1S/C20H29N3O3/c1-20(2,3)15-7-9-16(10-8-15)22-23-19(25)18(24)21-13-14-5-11-17(26-4)12-6-14/h5-6,11-12,15H,7-10,13H2,1-4H3,(H,21,24)(H,23,25). The van der Waals surface area contributed by atoms with Gasteiger partial charge in [0.25, 0.3) is 0 Å². The van der Waals surface area contributed by atoms with Crippen LogP contribution in [0.25, 0.3) is 0 Å². The Morgan fingerprint density at radius 1 is 1.12 bits per heavy atom. The summed E-state index contributed by atoms with van der Waals surface area (Å²) in [4.78, 5) is 23.8. The maximum atomic E-state index is 11.9. The Labute approximate surface area is 155 Å². The predicted molar refractivity (Wildman–Crippen MR) is 102 cm³/mol. The molecule has 0 bridgehead atoms. The quantitative estimate of drug-likeness (QED) is 0.640. The number of amides is 2. The van der Waals surface area contributed by atoms with Crippen LogP contribution in [0.4, 0.5) is 0 Å². The lowest BCUT2D eigenvalue weighted by Gasteiger charge is -2.34. The van der Waals surface area contributed by atoms with Crippen LogP contribution in [-0.2, 0) is 16.1 Å². The topological polar surface area (TPSA) is 79.8 Å². The first-order chi connectivity index (χ1) is 12.3. The van der Waals surface area contributed by atoms with Crippen molar-refractivity contribution in [1.29, 1.82) is 0 Å². The SMILES string of the molecule is COc1ccc(CNC(=O)C(=O)NN=C2CCC(C(C)(C)C)CC2)cc1. The van der Waals surface area contributed by atoms with Gasteiger partial charge in [-0.3, -0.25) is 9.59 Å². The van der Waals surface area contributed by atoms with Crippen LogP contribution >= 0.6 is 0 Å². The fourth-order valence-corrected chi connectivity index (χ4v) is 3.12. The first-order valence-electron chi connectivity index (χ1n) is 9.06. The third-order valence-corrected chi connectivity index (χ3v) is 4.92. The highest BCUT2D eigenvalue weighted by Crippen LogP contribution is 2.36. The minimum Gasteiger partial charge on any atom is -0.497 e. The Hall–Kier alpha value is -2.37. The van der Waals surface area contributed by atoms with E-state index in [-0.39, 0.29) is 6.54 Å². The minimum absolute atomic E-state index is 0.278. The first-order valence-corrected chi connectivity index (χ1v) is 9.06. The summed E-state index contributed by atoms with van der Waals surface area (Å²) in [7, 11) is 1.60. The molecule has 1 aromatic rings. The number of nitrogens with zero attached hydrogens (tertiary/aromatic N) is 1. The summed E-state index contributed by atoms with van der Waals surface area (Å²) in [5.74, 6) is -0.00252. The Balaban J connectivity index is 1.76. The summed E-state index contributed by atoms with van der Waals surface area (Å²) in [6.07, 6.45) is 3.88. The highest BCUT2D eigenvalue weighted by atomic mass is 16.5. The van der Waals surface area contributed by atoms with Crippen molar-refractivity contribution in [3.63, 3.8) is 0 Å². The molecule has 1 saturated carbocycles. The molecular weight excluding hydrogens is 330 g/mol. The highest BCUT2D eigenvalue weighted by Gasteiger charge is 2.28. The summed E-state index contributed by atoms with van der Waals surface area (Å²) < 4.78 is 5.08. The average molecular weight is 359 g/mol. The molecule has 2 N–H and O–H groups in total. The number of hydrazone groups is 1. The summed E-state index contributed by atoms with van der Waals surface area (Å²) in [6.45, 7) is 7.05. The zero-order valence-electron chi connectivity index (χ0n) is 16.1. The van der Waals surface area contributed by atoms with Crippen LogP contribution in [0.15, 0.2) is 29.4 Å². The molecule has 0 unspecified atom stereocenters. The number of carbonyl (C=O) groups is 2. The fraction of sp³-hybridized carbons (Fsp3) is 0.550.